The van der Waals surface area contributed by atoms with Crippen molar-refractivity contribution in [3.8, 4) is 5.69 Å². The van der Waals surface area contributed by atoms with Crippen LogP contribution in [0.2, 0.25) is 0 Å². The maximum atomic E-state index is 12.1. The molecule has 0 aliphatic carbocycles. The van der Waals surface area contributed by atoms with Gasteiger partial charge >= 0.3 is 0 Å². The number of rotatable bonds is 3. The number of carbonyl (C=O) groups excluding carboxylic acids is 1. The number of benzene rings is 1. The van der Waals surface area contributed by atoms with Gasteiger partial charge in [0.15, 0.2) is 15.5 Å². The van der Waals surface area contributed by atoms with Crippen molar-refractivity contribution in [1.29, 1.82) is 0 Å². The van der Waals surface area contributed by atoms with E-state index in [0.717, 1.165) is 10.2 Å². The van der Waals surface area contributed by atoms with Crippen LogP contribution < -0.4 is 5.32 Å². The molecule has 2 heterocycles. The molecule has 1 unspecified atom stereocenters. The van der Waals surface area contributed by atoms with E-state index in [9.17, 15) is 13.2 Å². The highest BCUT2D eigenvalue weighted by atomic mass is 79.9. The lowest BCUT2D eigenvalue weighted by Crippen LogP contribution is -2.35. The summed E-state index contributed by atoms with van der Waals surface area (Å²) in [5.41, 5.74) is 0.925. The monoisotopic (exact) mass is 384 g/mol. The van der Waals surface area contributed by atoms with E-state index in [2.05, 4.69) is 31.6 Å². The van der Waals surface area contributed by atoms with Gasteiger partial charge in [-0.25, -0.2) is 13.1 Å². The van der Waals surface area contributed by atoms with Crippen LogP contribution in [0.5, 0.6) is 0 Å². The van der Waals surface area contributed by atoms with Crippen LogP contribution in [0, 0.1) is 0 Å². The minimum absolute atomic E-state index is 0.0154. The number of halogens is 1. The van der Waals surface area contributed by atoms with Crippen LogP contribution in [-0.2, 0) is 9.84 Å². The lowest BCUT2D eigenvalue weighted by molar-refractivity contribution is 0.0936. The Bertz CT molecular complexity index is 818. The Balaban J connectivity index is 1.72. The van der Waals surface area contributed by atoms with Gasteiger partial charge in [0.1, 0.15) is 0 Å². The Morgan fingerprint density at radius 3 is 2.91 bits per heavy atom. The summed E-state index contributed by atoms with van der Waals surface area (Å²) in [5.74, 6) is -0.315. The van der Waals surface area contributed by atoms with Crippen molar-refractivity contribution in [2.24, 2.45) is 0 Å². The fraction of sp³-hybridized carbons (Fsp3) is 0.308. The molecule has 1 fully saturated rings. The predicted molar refractivity (Wildman–Crippen MR) is 83.6 cm³/mol. The lowest BCUT2D eigenvalue weighted by Gasteiger charge is -2.08. The molecule has 3 rings (SSSR count). The molecule has 1 aromatic heterocycles. The first-order chi connectivity index (χ1) is 10.4. The zero-order valence-corrected chi connectivity index (χ0v) is 13.8. The average molecular weight is 385 g/mol. The molecule has 1 aliphatic heterocycles. The Labute approximate surface area is 135 Å². The van der Waals surface area contributed by atoms with Gasteiger partial charge < -0.3 is 5.32 Å². The summed E-state index contributed by atoms with van der Waals surface area (Å²) in [5, 5.41) is 10.4. The Kier molecular flexibility index (Phi) is 4.00. The van der Waals surface area contributed by atoms with Crippen LogP contribution in [0.3, 0.4) is 0 Å². The first-order valence-corrected chi connectivity index (χ1v) is 9.24. The van der Waals surface area contributed by atoms with E-state index in [-0.39, 0.29) is 23.2 Å². The van der Waals surface area contributed by atoms with E-state index >= 15 is 0 Å². The number of carbonyl (C=O) groups is 1. The maximum absolute atomic E-state index is 12.1. The molecule has 1 aromatic carbocycles. The molecule has 1 atom stereocenters. The van der Waals surface area contributed by atoms with Gasteiger partial charge in [0.05, 0.1) is 23.4 Å². The van der Waals surface area contributed by atoms with Crippen molar-refractivity contribution in [3.63, 3.8) is 0 Å². The highest BCUT2D eigenvalue weighted by Crippen LogP contribution is 2.15. The number of nitrogens with zero attached hydrogens (tertiary/aromatic N) is 3. The van der Waals surface area contributed by atoms with Crippen LogP contribution >= 0.6 is 15.9 Å². The largest absolute Gasteiger partial charge is 0.347 e. The van der Waals surface area contributed by atoms with E-state index < -0.39 is 15.7 Å². The van der Waals surface area contributed by atoms with Gasteiger partial charge in [0, 0.05) is 10.5 Å². The Morgan fingerprint density at radius 2 is 2.23 bits per heavy atom. The highest BCUT2D eigenvalue weighted by molar-refractivity contribution is 9.10. The van der Waals surface area contributed by atoms with E-state index in [0.29, 0.717) is 6.42 Å². The minimum atomic E-state index is -3.03. The summed E-state index contributed by atoms with van der Waals surface area (Å²) in [6.45, 7) is 0. The van der Waals surface area contributed by atoms with E-state index in [1.807, 2.05) is 24.3 Å². The van der Waals surface area contributed by atoms with E-state index in [1.165, 1.54) is 10.9 Å². The summed E-state index contributed by atoms with van der Waals surface area (Å²) < 4.78 is 25.2. The third kappa shape index (κ3) is 3.36. The van der Waals surface area contributed by atoms with Gasteiger partial charge in [-0.1, -0.05) is 27.2 Å². The summed E-state index contributed by atoms with van der Waals surface area (Å²) >= 11 is 3.37. The van der Waals surface area contributed by atoms with Crippen molar-refractivity contribution in [3.05, 3.63) is 40.6 Å². The van der Waals surface area contributed by atoms with Crippen LogP contribution in [0.1, 0.15) is 16.9 Å². The normalized spacial score (nSPS) is 20.0. The molecular weight excluding hydrogens is 372 g/mol. The standard InChI is InChI=1S/C13H13BrN4O3S/c14-9-2-1-3-11(6-9)18-7-12(16-17-18)13(19)15-10-4-5-22(20,21)8-10/h1-3,6-7,10H,4-5,8H2,(H,15,19). The number of aromatic nitrogens is 3. The smallest absolute Gasteiger partial charge is 0.273 e. The van der Waals surface area contributed by atoms with Gasteiger partial charge in [0.25, 0.3) is 5.91 Å². The van der Waals surface area contributed by atoms with E-state index in [4.69, 9.17) is 0 Å². The van der Waals surface area contributed by atoms with Crippen molar-refractivity contribution in [1.82, 2.24) is 20.3 Å². The highest BCUT2D eigenvalue weighted by Gasteiger charge is 2.29. The fourth-order valence-electron chi connectivity index (χ4n) is 2.28. The molecule has 1 amide bonds. The quantitative estimate of drug-likeness (QED) is 0.849. The fourth-order valence-corrected chi connectivity index (χ4v) is 4.34. The molecule has 116 valence electrons. The second kappa shape index (κ2) is 5.81. The van der Waals surface area contributed by atoms with Crippen LogP contribution in [0.4, 0.5) is 0 Å². The molecule has 0 spiro atoms. The number of amides is 1. The third-order valence-corrected chi connectivity index (χ3v) is 5.63. The van der Waals surface area contributed by atoms with Crippen molar-refractivity contribution < 1.29 is 13.2 Å². The van der Waals surface area contributed by atoms with E-state index in [1.54, 1.807) is 0 Å². The first kappa shape index (κ1) is 15.2. The second-order valence-corrected chi connectivity index (χ2v) is 8.25. The number of hydrogen-bond donors (Lipinski definition) is 1. The van der Waals surface area contributed by atoms with Crippen LogP contribution in [0.15, 0.2) is 34.9 Å². The number of nitrogens with one attached hydrogen (secondary N) is 1. The second-order valence-electron chi connectivity index (χ2n) is 5.10. The number of hydrogen-bond acceptors (Lipinski definition) is 5. The Hall–Kier alpha value is -1.74. The summed E-state index contributed by atoms with van der Waals surface area (Å²) in [6.07, 6.45) is 1.95. The lowest BCUT2D eigenvalue weighted by atomic mass is 10.2. The topological polar surface area (TPSA) is 94.0 Å². The first-order valence-electron chi connectivity index (χ1n) is 6.62. The molecule has 0 radical (unpaired) electrons. The molecular formula is C13H13BrN4O3S. The van der Waals surface area contributed by atoms with Crippen LogP contribution in [0.25, 0.3) is 5.69 Å². The molecule has 2 aromatic rings. The van der Waals surface area contributed by atoms with Crippen molar-refractivity contribution in [2.75, 3.05) is 11.5 Å². The molecule has 7 nitrogen and oxygen atoms in total. The molecule has 1 saturated heterocycles. The van der Waals surface area contributed by atoms with Crippen molar-refractivity contribution in [2.45, 2.75) is 12.5 Å². The number of sulfone groups is 1. The van der Waals surface area contributed by atoms with Crippen LogP contribution in [-0.4, -0.2) is 46.9 Å². The average Bonchev–Trinajstić information content (AvgIpc) is 3.06. The zero-order valence-electron chi connectivity index (χ0n) is 11.4. The molecule has 1 N–H and O–H groups in total. The van der Waals surface area contributed by atoms with Gasteiger partial charge in [-0.3, -0.25) is 4.79 Å². The predicted octanol–water partition coefficient (Wildman–Crippen LogP) is 0.947. The Morgan fingerprint density at radius 1 is 1.41 bits per heavy atom. The molecule has 22 heavy (non-hydrogen) atoms. The molecule has 0 bridgehead atoms. The van der Waals surface area contributed by atoms with Crippen molar-refractivity contribution >= 4 is 31.7 Å². The summed E-state index contributed by atoms with van der Waals surface area (Å²) in [6, 6.07) is 7.07. The molecule has 1 aliphatic rings. The summed E-state index contributed by atoms with van der Waals surface area (Å²) in [7, 11) is -3.03. The van der Waals surface area contributed by atoms with Gasteiger partial charge in [-0.15, -0.1) is 5.10 Å². The third-order valence-electron chi connectivity index (χ3n) is 3.37. The minimum Gasteiger partial charge on any atom is -0.347 e. The summed E-state index contributed by atoms with van der Waals surface area (Å²) in [4.78, 5) is 12.1. The molecule has 0 saturated carbocycles. The molecule has 9 heteroatoms. The van der Waals surface area contributed by atoms with Gasteiger partial charge in [-0.2, -0.15) is 0 Å². The van der Waals surface area contributed by atoms with Gasteiger partial charge in [0.2, 0.25) is 0 Å². The van der Waals surface area contributed by atoms with Gasteiger partial charge in [-0.05, 0) is 24.6 Å². The SMILES string of the molecule is O=C(NC1CCS(=O)(=O)C1)c1cn(-c2cccc(Br)c2)nn1. The maximum Gasteiger partial charge on any atom is 0.273 e. The zero-order chi connectivity index (χ0) is 15.7.